The van der Waals surface area contributed by atoms with E-state index in [9.17, 15) is 0 Å². The summed E-state index contributed by atoms with van der Waals surface area (Å²) in [5, 5.41) is 0. The fraction of sp³-hybridized carbons (Fsp3) is 1.00. The molecule has 0 rings (SSSR count). The van der Waals surface area contributed by atoms with Crippen molar-refractivity contribution in [3.63, 3.8) is 0 Å². The van der Waals surface area contributed by atoms with E-state index in [0.717, 1.165) is 12.8 Å². The molecule has 0 aromatic rings. The van der Waals surface area contributed by atoms with Crippen LogP contribution in [0.3, 0.4) is 0 Å². The van der Waals surface area contributed by atoms with Gasteiger partial charge in [0.25, 0.3) is 0 Å². The van der Waals surface area contributed by atoms with Crippen LogP contribution < -0.4 is 0 Å². The summed E-state index contributed by atoms with van der Waals surface area (Å²) in [6, 6.07) is 0. The van der Waals surface area contributed by atoms with Gasteiger partial charge in [0.15, 0.2) is 5.41 Å². The smallest absolute Gasteiger partial charge is 0.169 e. The summed E-state index contributed by atoms with van der Waals surface area (Å²) in [6.07, 6.45) is 20.2. The second-order valence-electron chi connectivity index (χ2n) is 7.86. The minimum Gasteiger partial charge on any atom is -0.373 e. The number of ether oxygens (including phenoxy) is 3. The van der Waals surface area contributed by atoms with E-state index in [4.69, 9.17) is 14.2 Å². The van der Waals surface area contributed by atoms with Gasteiger partial charge in [-0.25, -0.2) is 0 Å². The Hall–Kier alpha value is 0.0969. The highest BCUT2D eigenvalue weighted by Crippen LogP contribution is 2.23. The van der Waals surface area contributed by atoms with Crippen molar-refractivity contribution in [2.45, 2.75) is 136 Å². The monoisotopic (exact) mass is 413 g/mol. The Bertz CT molecular complexity index is 306. The summed E-state index contributed by atoms with van der Waals surface area (Å²) in [7, 11) is 3.71. The lowest BCUT2D eigenvalue weighted by atomic mass is 10.0. The van der Waals surface area contributed by atoms with Gasteiger partial charge in [-0.05, 0) is 27.2 Å². The molecule has 0 N–H and O–H groups in total. The van der Waals surface area contributed by atoms with Crippen LogP contribution in [-0.4, -0.2) is 41.6 Å². The zero-order valence-corrected chi connectivity index (χ0v) is 20.5. The zero-order valence-electron chi connectivity index (χ0n) is 19.5. The minimum atomic E-state index is -0.809. The molecule has 0 aromatic carbocycles. The van der Waals surface area contributed by atoms with Crippen molar-refractivity contribution in [2.75, 3.05) is 19.8 Å². The predicted molar refractivity (Wildman–Crippen MR) is 122 cm³/mol. The zero-order chi connectivity index (χ0) is 20.9. The van der Waals surface area contributed by atoms with Crippen molar-refractivity contribution in [1.29, 1.82) is 0 Å². The first-order valence-corrected chi connectivity index (χ1v) is 12.8. The Morgan fingerprint density at radius 2 is 0.964 bits per heavy atom. The average Bonchev–Trinajstić information content (AvgIpc) is 2.67. The quantitative estimate of drug-likeness (QED) is 0.107. The van der Waals surface area contributed by atoms with Crippen LogP contribution in [0.2, 0.25) is 0 Å². The highest BCUT2D eigenvalue weighted by Gasteiger charge is 2.35. The number of hydrogen-bond acceptors (Lipinski definition) is 3. The number of rotatable bonds is 22. The Labute approximate surface area is 180 Å². The van der Waals surface area contributed by atoms with Gasteiger partial charge < -0.3 is 14.2 Å². The van der Waals surface area contributed by atoms with Crippen LogP contribution in [0.1, 0.15) is 124 Å². The fourth-order valence-corrected chi connectivity index (χ4v) is 4.28. The third-order valence-electron chi connectivity index (χ3n) is 5.33. The molecule has 0 bridgehead atoms. The summed E-state index contributed by atoms with van der Waals surface area (Å²) >= 11 is 0. The maximum atomic E-state index is 5.93. The second-order valence-corrected chi connectivity index (χ2v) is 8.56. The van der Waals surface area contributed by atoms with Crippen molar-refractivity contribution in [3.8, 4) is 0 Å². The average molecular weight is 414 g/mol. The Balaban J connectivity index is 3.70. The van der Waals surface area contributed by atoms with E-state index >= 15 is 0 Å². The Kier molecular flexibility index (Phi) is 20.4. The molecular weight excluding hydrogens is 364 g/mol. The van der Waals surface area contributed by atoms with E-state index in [1.165, 1.54) is 83.5 Å². The van der Waals surface area contributed by atoms with E-state index in [1.807, 2.05) is 20.8 Å². The predicted octanol–water partition coefficient (Wildman–Crippen LogP) is 7.16. The van der Waals surface area contributed by atoms with E-state index in [1.54, 1.807) is 0 Å². The van der Waals surface area contributed by atoms with Gasteiger partial charge in [0.2, 0.25) is 0 Å². The standard InChI is InChI=1S/C24H49O3Si/c1-5-9-10-11-12-13-14-15-16-17-18-19-20-21-22-23(25-6-2)24(28,26-7-3)27-8-4/h23H,5-22H2,1-4H3. The molecule has 1 atom stereocenters. The first kappa shape index (κ1) is 28.1. The largest absolute Gasteiger partial charge is 0.373 e. The third kappa shape index (κ3) is 15.0. The van der Waals surface area contributed by atoms with Crippen molar-refractivity contribution >= 4 is 10.2 Å². The molecule has 1 unspecified atom stereocenters. The minimum absolute atomic E-state index is 0.0635. The van der Waals surface area contributed by atoms with E-state index in [2.05, 4.69) is 17.2 Å². The summed E-state index contributed by atoms with van der Waals surface area (Å²) in [6.45, 7) is 10.2. The van der Waals surface area contributed by atoms with Crippen LogP contribution in [0.15, 0.2) is 0 Å². The molecule has 167 valence electrons. The van der Waals surface area contributed by atoms with Crippen molar-refractivity contribution < 1.29 is 14.2 Å². The van der Waals surface area contributed by atoms with Crippen LogP contribution in [0, 0.1) is 0 Å². The maximum Gasteiger partial charge on any atom is 0.169 e. The van der Waals surface area contributed by atoms with Crippen LogP contribution in [0.5, 0.6) is 0 Å². The van der Waals surface area contributed by atoms with Crippen molar-refractivity contribution in [1.82, 2.24) is 0 Å². The molecule has 0 fully saturated rings. The topological polar surface area (TPSA) is 27.7 Å². The van der Waals surface area contributed by atoms with Gasteiger partial charge in [-0.2, -0.15) is 0 Å². The highest BCUT2D eigenvalue weighted by atomic mass is 28.1. The molecule has 3 radical (unpaired) electrons. The molecule has 0 aliphatic heterocycles. The molecule has 0 heterocycles. The molecule has 0 saturated carbocycles. The summed E-state index contributed by atoms with van der Waals surface area (Å²) < 4.78 is 17.6. The lowest BCUT2D eigenvalue weighted by molar-refractivity contribution is -0.237. The van der Waals surface area contributed by atoms with Gasteiger partial charge in [0.05, 0.1) is 0 Å². The van der Waals surface area contributed by atoms with Gasteiger partial charge >= 0.3 is 0 Å². The highest BCUT2D eigenvalue weighted by molar-refractivity contribution is 6.13. The molecule has 0 amide bonds. The SMILES string of the molecule is CCCCCCCCCCCCCCCCC(OCC)C([Si])(OCC)OCC. The van der Waals surface area contributed by atoms with E-state index in [-0.39, 0.29) is 6.10 Å². The number of hydrogen-bond donors (Lipinski definition) is 0. The Morgan fingerprint density at radius 3 is 1.32 bits per heavy atom. The first-order valence-electron chi connectivity index (χ1n) is 12.3. The molecule has 4 heteroatoms. The first-order chi connectivity index (χ1) is 13.6. The number of unbranched alkanes of at least 4 members (excludes halogenated alkanes) is 13. The molecule has 0 spiro atoms. The summed E-state index contributed by atoms with van der Waals surface area (Å²) in [5.41, 5.74) is -0.809. The lowest BCUT2D eigenvalue weighted by Crippen LogP contribution is -2.49. The van der Waals surface area contributed by atoms with E-state index < -0.39 is 5.41 Å². The molecule has 0 aliphatic rings. The van der Waals surface area contributed by atoms with Crippen LogP contribution in [0.4, 0.5) is 0 Å². The van der Waals surface area contributed by atoms with Gasteiger partial charge in [-0.3, -0.25) is 0 Å². The van der Waals surface area contributed by atoms with Gasteiger partial charge in [0.1, 0.15) is 16.3 Å². The molecule has 28 heavy (non-hydrogen) atoms. The second kappa shape index (κ2) is 20.4. The summed E-state index contributed by atoms with van der Waals surface area (Å²) in [5.74, 6) is 0. The molecule has 3 nitrogen and oxygen atoms in total. The molecule has 0 saturated heterocycles. The van der Waals surface area contributed by atoms with Crippen LogP contribution in [-0.2, 0) is 14.2 Å². The van der Waals surface area contributed by atoms with Crippen LogP contribution in [0.25, 0.3) is 0 Å². The van der Waals surface area contributed by atoms with Crippen LogP contribution >= 0.6 is 0 Å². The van der Waals surface area contributed by atoms with Crippen molar-refractivity contribution in [3.05, 3.63) is 0 Å². The molecule has 0 aromatic heterocycles. The lowest BCUT2D eigenvalue weighted by Gasteiger charge is -2.37. The Morgan fingerprint density at radius 1 is 0.571 bits per heavy atom. The third-order valence-corrected chi connectivity index (χ3v) is 5.94. The normalized spacial score (nSPS) is 13.2. The summed E-state index contributed by atoms with van der Waals surface area (Å²) in [4.78, 5) is 0. The maximum absolute atomic E-state index is 5.93. The van der Waals surface area contributed by atoms with Gasteiger partial charge in [-0.15, -0.1) is 0 Å². The van der Waals surface area contributed by atoms with Gasteiger partial charge in [-0.1, -0.05) is 96.8 Å². The molecular formula is C24H49O3Si. The fourth-order valence-electron chi connectivity index (χ4n) is 3.76. The van der Waals surface area contributed by atoms with E-state index in [0.29, 0.717) is 19.8 Å². The van der Waals surface area contributed by atoms with Gasteiger partial charge in [0, 0.05) is 19.8 Å². The van der Waals surface area contributed by atoms with Crippen molar-refractivity contribution in [2.24, 2.45) is 0 Å². The molecule has 0 aliphatic carbocycles.